The predicted octanol–water partition coefficient (Wildman–Crippen LogP) is 4.25. The molecule has 0 radical (unpaired) electrons. The number of hydrogen-bond acceptors (Lipinski definition) is 8. The van der Waals surface area contributed by atoms with Crippen molar-refractivity contribution in [3.8, 4) is 0 Å². The van der Waals surface area contributed by atoms with Gasteiger partial charge >= 0.3 is 0 Å². The van der Waals surface area contributed by atoms with Crippen molar-refractivity contribution in [1.29, 1.82) is 0 Å². The summed E-state index contributed by atoms with van der Waals surface area (Å²) in [5.41, 5.74) is 1.77. The van der Waals surface area contributed by atoms with Crippen molar-refractivity contribution < 1.29 is 14.5 Å². The predicted molar refractivity (Wildman–Crippen MR) is 115 cm³/mol. The van der Waals surface area contributed by atoms with Crippen LogP contribution < -0.4 is 4.90 Å². The number of allylic oxidation sites excluding steroid dienone is 2. The average Bonchev–Trinajstić information content (AvgIpc) is 3.20. The molecule has 154 valence electrons. The van der Waals surface area contributed by atoms with E-state index < -0.39 is 10.8 Å². The number of rotatable bonds is 6. The van der Waals surface area contributed by atoms with Gasteiger partial charge in [0.15, 0.2) is 10.1 Å². The smallest absolute Gasteiger partial charge is 0.269 e. The Morgan fingerprint density at radius 2 is 2.17 bits per heavy atom. The van der Waals surface area contributed by atoms with E-state index >= 15 is 0 Å². The van der Waals surface area contributed by atoms with E-state index in [9.17, 15) is 19.7 Å². The largest absolute Gasteiger partial charge is 0.294 e. The Hall–Kier alpha value is -2.85. The fourth-order valence-electron chi connectivity index (χ4n) is 3.84. The first-order chi connectivity index (χ1) is 14.5. The lowest BCUT2D eigenvalue weighted by Gasteiger charge is -2.36. The van der Waals surface area contributed by atoms with Gasteiger partial charge in [-0.05, 0) is 18.4 Å². The van der Waals surface area contributed by atoms with E-state index in [0.29, 0.717) is 47.0 Å². The molecule has 2 aliphatic rings. The van der Waals surface area contributed by atoms with E-state index in [1.165, 1.54) is 40.1 Å². The number of benzene rings is 1. The molecule has 30 heavy (non-hydrogen) atoms. The number of hydrogen-bond donors (Lipinski definition) is 0. The minimum atomic E-state index is -0.487. The van der Waals surface area contributed by atoms with Gasteiger partial charge in [-0.25, -0.2) is 0 Å². The van der Waals surface area contributed by atoms with Crippen LogP contribution in [0, 0.1) is 10.1 Å². The van der Waals surface area contributed by atoms with Crippen LogP contribution in [0.3, 0.4) is 0 Å². The number of Topliss-reactive ketones (excluding diaryl/α,β-unsaturated/α-hetero) is 1. The lowest BCUT2D eigenvalue weighted by molar-refractivity contribution is -0.384. The van der Waals surface area contributed by atoms with Crippen molar-refractivity contribution in [2.24, 2.45) is 0 Å². The highest BCUT2D eigenvalue weighted by molar-refractivity contribution is 8.01. The Morgan fingerprint density at radius 3 is 2.93 bits per heavy atom. The number of carbonyl (C=O) groups excluding carboxylic acids is 2. The number of non-ortho nitro benzene ring substituents is 1. The number of amides is 1. The zero-order valence-corrected chi connectivity index (χ0v) is 17.6. The minimum absolute atomic E-state index is 0.0176. The summed E-state index contributed by atoms with van der Waals surface area (Å²) in [4.78, 5) is 38.3. The molecular formula is C20H18N4O4S2. The number of nitro benzene ring substituents is 1. The number of thioether (sulfide) groups is 1. The Morgan fingerprint density at radius 1 is 1.33 bits per heavy atom. The standard InChI is InChI=1S/C20H18N4O4S2/c1-2-9-29-20-22-21-19(30-20)23-15-7-4-8-16(25)18(15)14(11-17(23)26)12-5-3-6-13(10-12)24(27)28/h2-3,5-6,10,14H,1,4,7-9,11H2/t14-/m0/s1. The zero-order chi connectivity index (χ0) is 21.3. The molecular weight excluding hydrogens is 424 g/mol. The Bertz CT molecular complexity index is 1080. The number of aromatic nitrogens is 2. The monoisotopic (exact) mass is 442 g/mol. The lowest BCUT2D eigenvalue weighted by atomic mass is 9.77. The van der Waals surface area contributed by atoms with Crippen LogP contribution in [0.15, 0.2) is 52.5 Å². The maximum absolute atomic E-state index is 13.1. The molecule has 0 N–H and O–H groups in total. The summed E-state index contributed by atoms with van der Waals surface area (Å²) in [7, 11) is 0. The summed E-state index contributed by atoms with van der Waals surface area (Å²) in [5, 5.41) is 20.0. The molecule has 0 saturated heterocycles. The van der Waals surface area contributed by atoms with Gasteiger partial charge in [0, 0.05) is 47.9 Å². The SMILES string of the molecule is C=CCSc1nnc(N2C(=O)C[C@@H](c3cccc([N+](=O)[O-])c3)C3=C2CCCC3=O)s1. The van der Waals surface area contributed by atoms with E-state index in [0.717, 1.165) is 4.34 Å². The van der Waals surface area contributed by atoms with Crippen LogP contribution in [-0.2, 0) is 9.59 Å². The van der Waals surface area contributed by atoms with Crippen molar-refractivity contribution in [2.45, 2.75) is 35.9 Å². The molecule has 2 heterocycles. The molecule has 0 unspecified atom stereocenters. The second-order valence-corrected chi connectivity index (χ2v) is 9.15. The first kappa shape index (κ1) is 20.4. The third-order valence-electron chi connectivity index (χ3n) is 5.07. The van der Waals surface area contributed by atoms with Crippen LogP contribution in [-0.4, -0.2) is 32.6 Å². The summed E-state index contributed by atoms with van der Waals surface area (Å²) in [5.74, 6) is -0.00413. The number of anilines is 1. The molecule has 2 aromatic rings. The van der Waals surface area contributed by atoms with Crippen molar-refractivity contribution in [3.63, 3.8) is 0 Å². The molecule has 0 saturated carbocycles. The Kier molecular flexibility index (Phi) is 5.78. The van der Waals surface area contributed by atoms with Gasteiger partial charge in [0.25, 0.3) is 5.69 Å². The summed E-state index contributed by atoms with van der Waals surface area (Å²) in [6, 6.07) is 6.19. The number of nitrogens with zero attached hydrogens (tertiary/aromatic N) is 4. The van der Waals surface area contributed by atoms with Gasteiger partial charge in [-0.2, -0.15) is 0 Å². The number of nitro groups is 1. The summed E-state index contributed by atoms with van der Waals surface area (Å²) in [6.07, 6.45) is 3.46. The first-order valence-corrected chi connectivity index (χ1v) is 11.2. The maximum Gasteiger partial charge on any atom is 0.269 e. The molecule has 1 atom stereocenters. The van der Waals surface area contributed by atoms with Gasteiger partial charge in [-0.3, -0.25) is 24.6 Å². The van der Waals surface area contributed by atoms with Gasteiger partial charge in [-0.15, -0.1) is 16.8 Å². The molecule has 1 aliphatic carbocycles. The topological polar surface area (TPSA) is 106 Å². The van der Waals surface area contributed by atoms with Crippen LogP contribution in [0.5, 0.6) is 0 Å². The highest BCUT2D eigenvalue weighted by atomic mass is 32.2. The molecule has 1 aromatic heterocycles. The summed E-state index contributed by atoms with van der Waals surface area (Å²) >= 11 is 2.79. The second kappa shape index (κ2) is 8.49. The summed E-state index contributed by atoms with van der Waals surface area (Å²) in [6.45, 7) is 3.68. The summed E-state index contributed by atoms with van der Waals surface area (Å²) < 4.78 is 0.725. The van der Waals surface area contributed by atoms with Crippen LogP contribution in [0.1, 0.15) is 37.2 Å². The molecule has 8 nitrogen and oxygen atoms in total. The minimum Gasteiger partial charge on any atom is -0.294 e. The highest BCUT2D eigenvalue weighted by Gasteiger charge is 2.41. The fraction of sp³-hybridized carbons (Fsp3) is 0.300. The lowest BCUT2D eigenvalue weighted by Crippen LogP contribution is -2.40. The molecule has 0 fully saturated rings. The third-order valence-corrected chi connectivity index (χ3v) is 7.11. The molecule has 1 aliphatic heterocycles. The van der Waals surface area contributed by atoms with Crippen LogP contribution in [0.2, 0.25) is 0 Å². The third kappa shape index (κ3) is 3.80. The van der Waals surface area contributed by atoms with Crippen molar-refractivity contribution in [3.05, 3.63) is 63.9 Å². The molecule has 0 bridgehead atoms. The number of ketones is 1. The van der Waals surface area contributed by atoms with Crippen LogP contribution >= 0.6 is 23.1 Å². The van der Waals surface area contributed by atoms with Crippen LogP contribution in [0.25, 0.3) is 0 Å². The highest BCUT2D eigenvalue weighted by Crippen LogP contribution is 2.44. The molecule has 0 spiro atoms. The number of carbonyl (C=O) groups is 2. The first-order valence-electron chi connectivity index (χ1n) is 9.40. The van der Waals surface area contributed by atoms with Gasteiger partial charge in [-0.1, -0.05) is 41.3 Å². The van der Waals surface area contributed by atoms with Gasteiger partial charge in [0.05, 0.1) is 4.92 Å². The van der Waals surface area contributed by atoms with Gasteiger partial charge in [0.1, 0.15) is 0 Å². The zero-order valence-electron chi connectivity index (χ0n) is 15.9. The second-order valence-electron chi connectivity index (χ2n) is 6.93. The van der Waals surface area contributed by atoms with E-state index in [1.54, 1.807) is 18.2 Å². The van der Waals surface area contributed by atoms with E-state index in [-0.39, 0.29) is 23.8 Å². The van der Waals surface area contributed by atoms with Crippen LogP contribution in [0.4, 0.5) is 10.8 Å². The van der Waals surface area contributed by atoms with Crippen molar-refractivity contribution in [2.75, 3.05) is 10.7 Å². The molecule has 1 aromatic carbocycles. The molecule has 4 rings (SSSR count). The maximum atomic E-state index is 13.1. The average molecular weight is 443 g/mol. The van der Waals surface area contributed by atoms with Crippen molar-refractivity contribution in [1.82, 2.24) is 10.2 Å². The Labute approximate surface area is 180 Å². The fourth-order valence-corrected chi connectivity index (χ4v) is 5.48. The van der Waals surface area contributed by atoms with E-state index in [1.807, 2.05) is 0 Å². The van der Waals surface area contributed by atoms with Crippen molar-refractivity contribution >= 4 is 45.6 Å². The van der Waals surface area contributed by atoms with Gasteiger partial charge < -0.3 is 0 Å². The Balaban J connectivity index is 1.77. The molecule has 1 amide bonds. The van der Waals surface area contributed by atoms with Gasteiger partial charge in [0.2, 0.25) is 11.0 Å². The van der Waals surface area contributed by atoms with E-state index in [2.05, 4.69) is 16.8 Å². The quantitative estimate of drug-likeness (QED) is 0.216. The normalized spacial score (nSPS) is 19.1. The molecule has 10 heteroatoms. The van der Waals surface area contributed by atoms with E-state index in [4.69, 9.17) is 0 Å².